The van der Waals surface area contributed by atoms with Crippen molar-refractivity contribution in [1.29, 1.82) is 0 Å². The van der Waals surface area contributed by atoms with E-state index in [2.05, 4.69) is 0 Å². The first-order chi connectivity index (χ1) is 3.15. The van der Waals surface area contributed by atoms with Crippen molar-refractivity contribution in [1.82, 2.24) is 0 Å². The van der Waals surface area contributed by atoms with Gasteiger partial charge in [0.2, 0.25) is 0 Å². The molecule has 0 atom stereocenters. The molecule has 2 heteroatoms. The van der Waals surface area contributed by atoms with Crippen molar-refractivity contribution in [3.63, 3.8) is 0 Å². The predicted octanol–water partition coefficient (Wildman–Crippen LogP) is -0.370. The molecule has 0 spiro atoms. The SMILES string of the molecule is [2H]C([2H])=O.[2H]C=O. The molecule has 0 aromatic rings. The Morgan fingerprint density at radius 3 is 1.75 bits per heavy atom. The molecule has 4 heavy (non-hydrogen) atoms. The largest absolute Gasteiger partial charge is 0.307 e. The van der Waals surface area contributed by atoms with Gasteiger partial charge in [-0.05, 0) is 0 Å². The van der Waals surface area contributed by atoms with E-state index in [-0.39, 0.29) is 6.77 Å². The third-order valence-electron chi connectivity index (χ3n) is 0. The minimum absolute atomic E-state index is 0. The Bertz CT molecular complexity index is 58.0. The molecule has 0 fully saturated rings. The summed E-state index contributed by atoms with van der Waals surface area (Å²) in [7, 11) is 0. The lowest BCUT2D eigenvalue weighted by Gasteiger charge is -0.837. The van der Waals surface area contributed by atoms with Crippen molar-refractivity contribution >= 4 is 13.5 Å². The summed E-state index contributed by atoms with van der Waals surface area (Å²) in [6.07, 6.45) is 0. The summed E-state index contributed by atoms with van der Waals surface area (Å²) >= 11 is 0. The average molecular weight is 63.1 g/mol. The summed E-state index contributed by atoms with van der Waals surface area (Å²) in [6, 6.07) is 0. The topological polar surface area (TPSA) is 34.1 Å². The predicted molar refractivity (Wildman–Crippen MR) is 14.2 cm³/mol. The van der Waals surface area contributed by atoms with Crippen molar-refractivity contribution in [3.8, 4) is 0 Å². The van der Waals surface area contributed by atoms with Crippen LogP contribution in [0.2, 0.25) is 0 Å². The lowest BCUT2D eigenvalue weighted by atomic mass is 11.9. The molecule has 0 saturated heterocycles. The number of hydrogen-bond donors (Lipinski definition) is 0. The van der Waals surface area contributed by atoms with Crippen LogP contribution in [0.5, 0.6) is 0 Å². The Morgan fingerprint density at radius 1 is 1.75 bits per heavy atom. The first kappa shape index (κ1) is 0.971. The molecule has 0 unspecified atom stereocenters. The molecule has 0 radical (unpaired) electrons. The number of carbonyl (C=O) groups is 2. The Balaban J connectivity index is 0. The van der Waals surface area contributed by atoms with E-state index in [4.69, 9.17) is 13.7 Å². The van der Waals surface area contributed by atoms with Gasteiger partial charge in [-0.15, -0.1) is 0 Å². The summed E-state index contributed by atoms with van der Waals surface area (Å²) in [5, 5.41) is 0. The Kier molecular flexibility index (Phi) is 2.34. The highest BCUT2D eigenvalue weighted by Gasteiger charge is 0.638. The van der Waals surface area contributed by atoms with Gasteiger partial charge in [-0.1, -0.05) is 0 Å². The fraction of sp³-hybridized carbons (Fsp3) is 0. The molecule has 0 aromatic carbocycles. The molecule has 0 saturated carbocycles. The Morgan fingerprint density at radius 2 is 1.75 bits per heavy atom. The van der Waals surface area contributed by atoms with E-state index in [1.54, 1.807) is 0 Å². The molecular formula is C2H4O2. The minimum atomic E-state index is -1.33. The number of carbonyl (C=O) groups excluding carboxylic acids is 2. The van der Waals surface area contributed by atoms with Crippen LogP contribution in [0.4, 0.5) is 0 Å². The van der Waals surface area contributed by atoms with Gasteiger partial charge in [0.15, 0.2) is 0 Å². The van der Waals surface area contributed by atoms with Crippen LogP contribution in [0.1, 0.15) is 4.11 Å². The van der Waals surface area contributed by atoms with Crippen LogP contribution in [-0.2, 0) is 9.59 Å². The zero-order valence-electron chi connectivity index (χ0n) is 4.89. The Labute approximate surface area is 28.6 Å². The van der Waals surface area contributed by atoms with E-state index in [9.17, 15) is 0 Å². The summed E-state index contributed by atoms with van der Waals surface area (Å²) < 4.78 is 16.8. The third kappa shape index (κ3) is 0.356. The van der Waals surface area contributed by atoms with Crippen molar-refractivity contribution < 1.29 is 13.7 Å². The minimum Gasteiger partial charge on any atom is -0.307 e. The lowest BCUT2D eigenvalue weighted by Crippen LogP contribution is -0.925. The maximum absolute atomic E-state index is 8.78. The maximum atomic E-state index is 8.78. The highest BCUT2D eigenvalue weighted by molar-refractivity contribution is 5.11. The van der Waals surface area contributed by atoms with Gasteiger partial charge in [0.1, 0.15) is 17.6 Å². The van der Waals surface area contributed by atoms with Gasteiger partial charge in [0, 0.05) is 0 Å². The molecule has 0 aliphatic rings. The highest BCUT2D eigenvalue weighted by Crippen LogP contribution is 0.496. The second-order valence-electron chi connectivity index (χ2n) is 0. The molecule has 0 rings (SSSR count). The first-order valence-electron chi connectivity index (χ1n) is 2.02. The van der Waals surface area contributed by atoms with Crippen LogP contribution >= 0.6 is 0 Å². The second kappa shape index (κ2) is 9.65. The van der Waals surface area contributed by atoms with Gasteiger partial charge in [-0.3, -0.25) is 0 Å². The van der Waals surface area contributed by atoms with Crippen molar-refractivity contribution in [2.45, 2.75) is 0 Å². The fourth-order valence-corrected chi connectivity index (χ4v) is 0. The quantitative estimate of drug-likeness (QED) is 0.384. The zero-order valence-corrected chi connectivity index (χ0v) is 1.89. The molecule has 0 bridgehead atoms. The monoisotopic (exact) mass is 63.0 g/mol. The molecule has 0 N–H and O–H groups in total. The van der Waals surface area contributed by atoms with Crippen LogP contribution in [0, 0.1) is 0 Å². The summed E-state index contributed by atoms with van der Waals surface area (Å²) in [4.78, 5) is 17.2. The number of hydrogen-bond acceptors (Lipinski definition) is 2. The smallest absolute Gasteiger partial charge is 0.106 e. The van der Waals surface area contributed by atoms with Crippen molar-refractivity contribution in [2.24, 2.45) is 0 Å². The zero-order chi connectivity index (χ0) is 6.28. The third-order valence-corrected chi connectivity index (χ3v) is 0. The molecule has 0 amide bonds. The van der Waals surface area contributed by atoms with Crippen LogP contribution in [0.15, 0.2) is 0 Å². The molecule has 24 valence electrons. The lowest BCUT2D eigenvalue weighted by molar-refractivity contribution is -0.0987. The van der Waals surface area contributed by atoms with Gasteiger partial charge in [-0.2, -0.15) is 0 Å². The molecule has 0 aliphatic heterocycles. The van der Waals surface area contributed by atoms with Crippen molar-refractivity contribution in [2.75, 3.05) is 0 Å². The highest BCUT2D eigenvalue weighted by atomic mass is 16.1. The van der Waals surface area contributed by atoms with Gasteiger partial charge in [-0.25, -0.2) is 0 Å². The summed E-state index contributed by atoms with van der Waals surface area (Å²) in [6.45, 7) is -1.33. The van der Waals surface area contributed by atoms with Gasteiger partial charge >= 0.3 is 0 Å². The summed E-state index contributed by atoms with van der Waals surface area (Å²) in [5.41, 5.74) is 0. The maximum Gasteiger partial charge on any atom is 0.106 e. The van der Waals surface area contributed by atoms with E-state index in [0.29, 0.717) is 0 Å². The standard InChI is InChI=1S/2CH2O/c2*1-2/h2*1H2/i1D2;1D. The first-order valence-corrected chi connectivity index (χ1v) is 0.440. The van der Waals surface area contributed by atoms with E-state index in [1.165, 1.54) is 0 Å². The normalized spacial score (nSPS) is 10.5. The van der Waals surface area contributed by atoms with Crippen LogP contribution in [0.25, 0.3) is 0 Å². The second-order valence-corrected chi connectivity index (χ2v) is 0. The van der Waals surface area contributed by atoms with Crippen molar-refractivity contribution in [3.05, 3.63) is 0 Å². The van der Waals surface area contributed by atoms with Crippen LogP contribution < -0.4 is 0 Å². The average Bonchev–Trinajstić information content (AvgIpc) is 1.33. The molecule has 0 aromatic heterocycles. The molecule has 0 heterocycles. The van der Waals surface area contributed by atoms with Crippen LogP contribution in [-0.4, -0.2) is 13.5 Å². The molecular weight excluding hydrogens is 56.0 g/mol. The summed E-state index contributed by atoms with van der Waals surface area (Å²) in [5.74, 6) is 0. The van der Waals surface area contributed by atoms with E-state index < -0.39 is 6.74 Å². The fourth-order valence-electron chi connectivity index (χ4n) is 0. The number of rotatable bonds is 0. The van der Waals surface area contributed by atoms with Gasteiger partial charge in [0.25, 0.3) is 0 Å². The molecule has 0 aliphatic carbocycles. The van der Waals surface area contributed by atoms with E-state index in [1.807, 2.05) is 0 Å². The molecule has 2 nitrogen and oxygen atoms in total. The van der Waals surface area contributed by atoms with E-state index >= 15 is 0 Å². The van der Waals surface area contributed by atoms with E-state index in [0.717, 1.165) is 0 Å². The van der Waals surface area contributed by atoms with Gasteiger partial charge < -0.3 is 9.59 Å². The van der Waals surface area contributed by atoms with Gasteiger partial charge in [0.05, 0.1) is 0 Å². The Hall–Kier alpha value is -0.660. The van der Waals surface area contributed by atoms with Crippen LogP contribution in [0.3, 0.4) is 0 Å².